The highest BCUT2D eigenvalue weighted by atomic mass is 32.2. The third kappa shape index (κ3) is 4.69. The fourth-order valence-corrected chi connectivity index (χ4v) is 3.98. The van der Waals surface area contributed by atoms with Crippen molar-refractivity contribution in [2.75, 3.05) is 12.4 Å². The first-order chi connectivity index (χ1) is 14.2. The fraction of sp³-hybridized carbons (Fsp3) is 0.167. The summed E-state index contributed by atoms with van der Waals surface area (Å²) in [6, 6.07) is 25.5. The monoisotopic (exact) mass is 402 g/mol. The van der Waals surface area contributed by atoms with E-state index in [0.717, 1.165) is 16.8 Å². The molecule has 0 aliphatic rings. The SMILES string of the molecule is Cc1cccc(OCCSc2nc3ccccc3c(=O)n2Cc2ccccc2)c1. The van der Waals surface area contributed by atoms with Crippen LogP contribution in [0.1, 0.15) is 11.1 Å². The molecule has 4 aromatic rings. The van der Waals surface area contributed by atoms with Crippen molar-refractivity contribution in [2.45, 2.75) is 18.6 Å². The average Bonchev–Trinajstić information content (AvgIpc) is 2.74. The normalized spacial score (nSPS) is 10.9. The van der Waals surface area contributed by atoms with Crippen LogP contribution in [0.15, 0.2) is 88.8 Å². The minimum Gasteiger partial charge on any atom is -0.493 e. The second-order valence-corrected chi connectivity index (χ2v) is 7.86. The van der Waals surface area contributed by atoms with E-state index in [0.29, 0.717) is 29.4 Å². The number of hydrogen-bond donors (Lipinski definition) is 0. The first kappa shape index (κ1) is 19.3. The molecule has 5 heteroatoms. The molecule has 29 heavy (non-hydrogen) atoms. The number of para-hydroxylation sites is 1. The van der Waals surface area contributed by atoms with Crippen molar-refractivity contribution in [3.8, 4) is 5.75 Å². The van der Waals surface area contributed by atoms with Crippen molar-refractivity contribution < 1.29 is 4.74 Å². The molecule has 146 valence electrons. The third-order valence-corrected chi connectivity index (χ3v) is 5.52. The predicted molar refractivity (Wildman–Crippen MR) is 119 cm³/mol. The number of benzene rings is 3. The summed E-state index contributed by atoms with van der Waals surface area (Å²) in [5.41, 5.74) is 2.96. The molecule has 3 aromatic carbocycles. The summed E-state index contributed by atoms with van der Waals surface area (Å²) < 4.78 is 7.61. The van der Waals surface area contributed by atoms with Crippen molar-refractivity contribution >= 4 is 22.7 Å². The van der Waals surface area contributed by atoms with E-state index in [1.807, 2.05) is 85.8 Å². The highest BCUT2D eigenvalue weighted by Crippen LogP contribution is 2.20. The highest BCUT2D eigenvalue weighted by Gasteiger charge is 2.12. The second-order valence-electron chi connectivity index (χ2n) is 6.80. The van der Waals surface area contributed by atoms with Crippen LogP contribution in [0.4, 0.5) is 0 Å². The van der Waals surface area contributed by atoms with Gasteiger partial charge in [0.1, 0.15) is 5.75 Å². The molecule has 0 spiro atoms. The van der Waals surface area contributed by atoms with E-state index in [9.17, 15) is 4.79 Å². The Balaban J connectivity index is 1.56. The summed E-state index contributed by atoms with van der Waals surface area (Å²) >= 11 is 1.55. The molecule has 4 rings (SSSR count). The molecule has 0 amide bonds. The lowest BCUT2D eigenvalue weighted by molar-refractivity contribution is 0.343. The van der Waals surface area contributed by atoms with E-state index in [-0.39, 0.29) is 5.56 Å². The summed E-state index contributed by atoms with van der Waals surface area (Å²) in [5, 5.41) is 1.36. The van der Waals surface area contributed by atoms with Gasteiger partial charge in [-0.1, -0.05) is 66.4 Å². The van der Waals surface area contributed by atoms with Crippen molar-refractivity contribution in [3.63, 3.8) is 0 Å². The zero-order valence-corrected chi connectivity index (χ0v) is 17.1. The molecule has 1 heterocycles. The first-order valence-electron chi connectivity index (χ1n) is 9.56. The van der Waals surface area contributed by atoms with Gasteiger partial charge in [0, 0.05) is 5.75 Å². The van der Waals surface area contributed by atoms with Crippen LogP contribution in [0.25, 0.3) is 10.9 Å². The molecule has 0 fully saturated rings. The Morgan fingerprint density at radius 1 is 0.966 bits per heavy atom. The van der Waals surface area contributed by atoms with Crippen LogP contribution in [0.3, 0.4) is 0 Å². The van der Waals surface area contributed by atoms with Crippen LogP contribution in [-0.4, -0.2) is 21.9 Å². The molecule has 0 aliphatic carbocycles. The molecule has 0 saturated carbocycles. The van der Waals surface area contributed by atoms with Gasteiger partial charge in [0.05, 0.1) is 24.1 Å². The van der Waals surface area contributed by atoms with Gasteiger partial charge in [-0.2, -0.15) is 0 Å². The Labute approximate surface area is 174 Å². The van der Waals surface area contributed by atoms with Gasteiger partial charge in [0.15, 0.2) is 5.16 Å². The number of rotatable bonds is 7. The van der Waals surface area contributed by atoms with Gasteiger partial charge < -0.3 is 4.74 Å². The van der Waals surface area contributed by atoms with Crippen LogP contribution in [0.5, 0.6) is 5.75 Å². The Morgan fingerprint density at radius 2 is 1.76 bits per heavy atom. The maximum Gasteiger partial charge on any atom is 0.262 e. The van der Waals surface area contributed by atoms with Crippen LogP contribution in [0, 0.1) is 6.92 Å². The Kier molecular flexibility index (Phi) is 5.96. The quantitative estimate of drug-likeness (QED) is 0.250. The molecular formula is C24H22N2O2S. The fourth-order valence-electron chi connectivity index (χ4n) is 3.16. The molecular weight excluding hydrogens is 380 g/mol. The van der Waals surface area contributed by atoms with Gasteiger partial charge in [0.2, 0.25) is 0 Å². The Morgan fingerprint density at radius 3 is 2.59 bits per heavy atom. The number of aromatic nitrogens is 2. The largest absolute Gasteiger partial charge is 0.493 e. The van der Waals surface area contributed by atoms with Crippen molar-refractivity contribution in [2.24, 2.45) is 0 Å². The summed E-state index contributed by atoms with van der Waals surface area (Å²) in [5.74, 6) is 1.56. The smallest absolute Gasteiger partial charge is 0.262 e. The topological polar surface area (TPSA) is 44.1 Å². The van der Waals surface area contributed by atoms with E-state index in [4.69, 9.17) is 9.72 Å². The molecule has 0 aliphatic heterocycles. The number of nitrogens with zero attached hydrogens (tertiary/aromatic N) is 2. The zero-order valence-electron chi connectivity index (χ0n) is 16.2. The van der Waals surface area contributed by atoms with Gasteiger partial charge >= 0.3 is 0 Å². The average molecular weight is 403 g/mol. The lowest BCUT2D eigenvalue weighted by Crippen LogP contribution is -2.24. The van der Waals surface area contributed by atoms with Crippen molar-refractivity contribution in [1.29, 1.82) is 0 Å². The van der Waals surface area contributed by atoms with E-state index < -0.39 is 0 Å². The summed E-state index contributed by atoms with van der Waals surface area (Å²) in [6.07, 6.45) is 0. The highest BCUT2D eigenvalue weighted by molar-refractivity contribution is 7.99. The summed E-state index contributed by atoms with van der Waals surface area (Å²) in [6.45, 7) is 3.09. The van der Waals surface area contributed by atoms with Gasteiger partial charge in [0.25, 0.3) is 5.56 Å². The minimum atomic E-state index is -0.0124. The zero-order chi connectivity index (χ0) is 20.1. The predicted octanol–water partition coefficient (Wildman–Crippen LogP) is 4.92. The van der Waals surface area contributed by atoms with Crippen molar-refractivity contribution in [1.82, 2.24) is 9.55 Å². The van der Waals surface area contributed by atoms with Gasteiger partial charge in [-0.15, -0.1) is 0 Å². The summed E-state index contributed by atoms with van der Waals surface area (Å²) in [7, 11) is 0. The van der Waals surface area contributed by atoms with Crippen molar-refractivity contribution in [3.05, 3.63) is 100 Å². The molecule has 1 aromatic heterocycles. The molecule has 0 N–H and O–H groups in total. The molecule has 0 saturated heterocycles. The maximum atomic E-state index is 13.1. The second kappa shape index (κ2) is 8.97. The Hall–Kier alpha value is -3.05. The minimum absolute atomic E-state index is 0.0124. The van der Waals surface area contributed by atoms with E-state index >= 15 is 0 Å². The molecule has 4 nitrogen and oxygen atoms in total. The van der Waals surface area contributed by atoms with E-state index in [1.54, 1.807) is 16.3 Å². The number of aryl methyl sites for hydroxylation is 1. The van der Waals surface area contributed by atoms with Gasteiger partial charge in [-0.05, 0) is 42.3 Å². The molecule has 0 unspecified atom stereocenters. The molecule has 0 bridgehead atoms. The van der Waals surface area contributed by atoms with Crippen LogP contribution < -0.4 is 10.3 Å². The summed E-state index contributed by atoms with van der Waals surface area (Å²) in [4.78, 5) is 17.9. The van der Waals surface area contributed by atoms with Gasteiger partial charge in [-0.3, -0.25) is 9.36 Å². The first-order valence-corrected chi connectivity index (χ1v) is 10.5. The van der Waals surface area contributed by atoms with Crippen LogP contribution in [0.2, 0.25) is 0 Å². The van der Waals surface area contributed by atoms with Crippen LogP contribution >= 0.6 is 11.8 Å². The standard InChI is InChI=1S/C24H22N2O2S/c1-18-8-7-11-20(16-18)28-14-15-29-24-25-22-13-6-5-12-21(22)23(27)26(24)17-19-9-3-2-4-10-19/h2-13,16H,14-15,17H2,1H3. The number of fused-ring (bicyclic) bond motifs is 1. The Bertz CT molecular complexity index is 1170. The van der Waals surface area contributed by atoms with E-state index in [1.165, 1.54) is 5.56 Å². The molecule has 0 radical (unpaired) electrons. The lowest BCUT2D eigenvalue weighted by atomic mass is 10.2. The maximum absolute atomic E-state index is 13.1. The van der Waals surface area contributed by atoms with Gasteiger partial charge in [-0.25, -0.2) is 4.98 Å². The van der Waals surface area contributed by atoms with E-state index in [2.05, 4.69) is 0 Å². The number of thioether (sulfide) groups is 1. The van der Waals surface area contributed by atoms with Crippen LogP contribution in [-0.2, 0) is 6.54 Å². The molecule has 0 atom stereocenters. The third-order valence-electron chi connectivity index (χ3n) is 4.58. The number of hydrogen-bond acceptors (Lipinski definition) is 4. The lowest BCUT2D eigenvalue weighted by Gasteiger charge is -2.13. The number of ether oxygens (including phenoxy) is 1.